The molecule has 112 valence electrons. The SMILES string of the molecule is Cc1oc(-c2ccco2)nc1CC(=O)N(C)C(C)C(=O)O. The van der Waals surface area contributed by atoms with Gasteiger partial charge >= 0.3 is 5.97 Å². The van der Waals surface area contributed by atoms with Crippen molar-refractivity contribution in [2.24, 2.45) is 0 Å². The van der Waals surface area contributed by atoms with Gasteiger partial charge in [-0.25, -0.2) is 9.78 Å². The molecule has 0 bridgehead atoms. The van der Waals surface area contributed by atoms with Crippen molar-refractivity contribution in [2.75, 3.05) is 7.05 Å². The van der Waals surface area contributed by atoms with Crippen molar-refractivity contribution in [3.63, 3.8) is 0 Å². The van der Waals surface area contributed by atoms with Gasteiger partial charge in [0.05, 0.1) is 18.4 Å². The van der Waals surface area contributed by atoms with Crippen LogP contribution in [0.4, 0.5) is 0 Å². The van der Waals surface area contributed by atoms with Crippen LogP contribution in [0.3, 0.4) is 0 Å². The van der Waals surface area contributed by atoms with Gasteiger partial charge in [-0.3, -0.25) is 4.79 Å². The molecule has 1 amide bonds. The van der Waals surface area contributed by atoms with Crippen LogP contribution >= 0.6 is 0 Å². The lowest BCUT2D eigenvalue weighted by molar-refractivity contribution is -0.148. The third kappa shape index (κ3) is 3.13. The number of carbonyl (C=O) groups excluding carboxylic acids is 1. The van der Waals surface area contributed by atoms with Crippen molar-refractivity contribution in [3.05, 3.63) is 29.9 Å². The van der Waals surface area contributed by atoms with Crippen molar-refractivity contribution < 1.29 is 23.5 Å². The second-order valence-electron chi connectivity index (χ2n) is 4.69. The molecule has 0 saturated heterocycles. The minimum absolute atomic E-state index is 0.0236. The molecule has 0 aliphatic carbocycles. The Balaban J connectivity index is 2.13. The Hall–Kier alpha value is -2.57. The molecular weight excluding hydrogens is 276 g/mol. The molecular formula is C14H16N2O5. The maximum absolute atomic E-state index is 12.1. The van der Waals surface area contributed by atoms with Crippen LogP contribution in [0.5, 0.6) is 0 Å². The molecule has 1 atom stereocenters. The number of aliphatic carboxylic acids is 1. The first-order valence-electron chi connectivity index (χ1n) is 6.38. The first-order valence-corrected chi connectivity index (χ1v) is 6.38. The smallest absolute Gasteiger partial charge is 0.326 e. The van der Waals surface area contributed by atoms with E-state index in [1.807, 2.05) is 0 Å². The molecule has 2 heterocycles. The second kappa shape index (κ2) is 5.82. The Morgan fingerprint density at radius 2 is 2.19 bits per heavy atom. The van der Waals surface area contributed by atoms with Crippen LogP contribution in [0.25, 0.3) is 11.7 Å². The molecule has 0 aliphatic heterocycles. The van der Waals surface area contributed by atoms with Gasteiger partial charge in [0.15, 0.2) is 5.76 Å². The van der Waals surface area contributed by atoms with Crippen molar-refractivity contribution in [3.8, 4) is 11.7 Å². The number of aromatic nitrogens is 1. The quantitative estimate of drug-likeness (QED) is 0.901. The molecule has 0 spiro atoms. The summed E-state index contributed by atoms with van der Waals surface area (Å²) in [4.78, 5) is 28.3. The molecule has 2 aromatic rings. The van der Waals surface area contributed by atoms with E-state index in [4.69, 9.17) is 13.9 Å². The van der Waals surface area contributed by atoms with Gasteiger partial charge in [-0.05, 0) is 26.0 Å². The Bertz CT molecular complexity index is 644. The summed E-state index contributed by atoms with van der Waals surface area (Å²) >= 11 is 0. The number of nitrogens with zero attached hydrogens (tertiary/aromatic N) is 2. The highest BCUT2D eigenvalue weighted by Gasteiger charge is 2.24. The molecule has 7 nitrogen and oxygen atoms in total. The highest BCUT2D eigenvalue weighted by Crippen LogP contribution is 2.22. The first-order chi connectivity index (χ1) is 9.90. The largest absolute Gasteiger partial charge is 0.480 e. The number of carbonyl (C=O) groups is 2. The maximum Gasteiger partial charge on any atom is 0.326 e. The van der Waals surface area contributed by atoms with Gasteiger partial charge in [-0.2, -0.15) is 0 Å². The zero-order valence-electron chi connectivity index (χ0n) is 12.0. The number of hydrogen-bond acceptors (Lipinski definition) is 5. The lowest BCUT2D eigenvalue weighted by Gasteiger charge is -2.20. The Kier molecular flexibility index (Phi) is 4.11. The number of likely N-dealkylation sites (N-methyl/N-ethyl adjacent to an activating group) is 1. The lowest BCUT2D eigenvalue weighted by atomic mass is 10.2. The predicted molar refractivity (Wildman–Crippen MR) is 72.5 cm³/mol. The fraction of sp³-hybridized carbons (Fsp3) is 0.357. The highest BCUT2D eigenvalue weighted by atomic mass is 16.4. The van der Waals surface area contributed by atoms with E-state index in [-0.39, 0.29) is 12.3 Å². The summed E-state index contributed by atoms with van der Waals surface area (Å²) in [7, 11) is 1.45. The van der Waals surface area contributed by atoms with E-state index in [1.165, 1.54) is 25.1 Å². The summed E-state index contributed by atoms with van der Waals surface area (Å²) < 4.78 is 10.6. The monoisotopic (exact) mass is 292 g/mol. The number of aryl methyl sites for hydroxylation is 1. The van der Waals surface area contributed by atoms with Gasteiger partial charge in [0.2, 0.25) is 5.91 Å². The molecule has 0 aliphatic rings. The Labute approximate surface area is 121 Å². The summed E-state index contributed by atoms with van der Waals surface area (Å²) in [6, 6.07) is 2.52. The normalized spacial score (nSPS) is 12.1. The van der Waals surface area contributed by atoms with Gasteiger partial charge in [-0.1, -0.05) is 0 Å². The Morgan fingerprint density at radius 3 is 2.76 bits per heavy atom. The van der Waals surface area contributed by atoms with Gasteiger partial charge in [0, 0.05) is 7.05 Å². The minimum Gasteiger partial charge on any atom is -0.480 e. The molecule has 1 N–H and O–H groups in total. The standard InChI is InChI=1S/C14H16N2O5/c1-8(14(18)19)16(3)12(17)7-10-9(2)21-13(15-10)11-5-4-6-20-11/h4-6,8H,7H2,1-3H3,(H,18,19). The number of hydrogen-bond donors (Lipinski definition) is 1. The summed E-state index contributed by atoms with van der Waals surface area (Å²) in [6.07, 6.45) is 1.48. The molecule has 0 fully saturated rings. The minimum atomic E-state index is -1.06. The molecule has 0 aromatic carbocycles. The van der Waals surface area contributed by atoms with Crippen LogP contribution < -0.4 is 0 Å². The zero-order valence-corrected chi connectivity index (χ0v) is 12.0. The van der Waals surface area contributed by atoms with Crippen LogP contribution in [0.15, 0.2) is 27.2 Å². The number of carboxylic acid groups (broad SMARTS) is 1. The number of carboxylic acids is 1. The van der Waals surface area contributed by atoms with Crippen LogP contribution in [0, 0.1) is 6.92 Å². The summed E-state index contributed by atoms with van der Waals surface area (Å²) in [5.74, 6) is -0.115. The van der Waals surface area contributed by atoms with Crippen molar-refractivity contribution in [2.45, 2.75) is 26.3 Å². The van der Waals surface area contributed by atoms with Crippen LogP contribution in [0.1, 0.15) is 18.4 Å². The van der Waals surface area contributed by atoms with Crippen molar-refractivity contribution in [1.82, 2.24) is 9.88 Å². The fourth-order valence-electron chi connectivity index (χ4n) is 1.75. The van der Waals surface area contributed by atoms with Crippen LogP contribution in [0.2, 0.25) is 0 Å². The number of furan rings is 1. The van der Waals surface area contributed by atoms with E-state index >= 15 is 0 Å². The van der Waals surface area contributed by atoms with Gasteiger partial charge < -0.3 is 18.8 Å². The number of oxazole rings is 1. The molecule has 0 radical (unpaired) electrons. The Morgan fingerprint density at radius 1 is 1.48 bits per heavy atom. The molecule has 2 rings (SSSR count). The fourth-order valence-corrected chi connectivity index (χ4v) is 1.75. The average Bonchev–Trinajstić information content (AvgIpc) is 3.07. The van der Waals surface area contributed by atoms with E-state index in [0.29, 0.717) is 23.1 Å². The van der Waals surface area contributed by atoms with E-state index < -0.39 is 12.0 Å². The third-order valence-electron chi connectivity index (χ3n) is 3.28. The third-order valence-corrected chi connectivity index (χ3v) is 3.28. The topological polar surface area (TPSA) is 96.8 Å². The molecule has 1 unspecified atom stereocenters. The highest BCUT2D eigenvalue weighted by molar-refractivity contribution is 5.84. The molecule has 7 heteroatoms. The maximum atomic E-state index is 12.1. The van der Waals surface area contributed by atoms with Gasteiger partial charge in [-0.15, -0.1) is 0 Å². The van der Waals surface area contributed by atoms with E-state index in [9.17, 15) is 9.59 Å². The van der Waals surface area contributed by atoms with E-state index in [1.54, 1.807) is 19.1 Å². The second-order valence-corrected chi connectivity index (χ2v) is 4.69. The molecule has 2 aromatic heterocycles. The van der Waals surface area contributed by atoms with Gasteiger partial charge in [0.1, 0.15) is 11.8 Å². The number of rotatable bonds is 5. The zero-order chi connectivity index (χ0) is 15.6. The molecule has 0 saturated carbocycles. The lowest BCUT2D eigenvalue weighted by Crippen LogP contribution is -2.41. The summed E-state index contributed by atoms with van der Waals surface area (Å²) in [5, 5.41) is 8.91. The predicted octanol–water partition coefficient (Wildman–Crippen LogP) is 1.72. The summed E-state index contributed by atoms with van der Waals surface area (Å²) in [6.45, 7) is 3.15. The van der Waals surface area contributed by atoms with Crippen LogP contribution in [-0.2, 0) is 16.0 Å². The van der Waals surface area contributed by atoms with Crippen molar-refractivity contribution >= 4 is 11.9 Å². The first kappa shape index (κ1) is 14.8. The summed E-state index contributed by atoms with van der Waals surface area (Å²) in [5.41, 5.74) is 0.468. The van der Waals surface area contributed by atoms with Crippen molar-refractivity contribution in [1.29, 1.82) is 0 Å². The molecule has 21 heavy (non-hydrogen) atoms. The average molecular weight is 292 g/mol. The van der Waals surface area contributed by atoms with Gasteiger partial charge in [0.25, 0.3) is 5.89 Å². The van der Waals surface area contributed by atoms with E-state index in [0.717, 1.165) is 0 Å². The van der Waals surface area contributed by atoms with Crippen LogP contribution in [-0.4, -0.2) is 40.0 Å². The number of amides is 1. The van der Waals surface area contributed by atoms with E-state index in [2.05, 4.69) is 4.98 Å².